The predicted molar refractivity (Wildman–Crippen MR) is 64.7 cm³/mol. The summed E-state index contributed by atoms with van der Waals surface area (Å²) in [5, 5.41) is 3.02. The van der Waals surface area contributed by atoms with Gasteiger partial charge in [-0.05, 0) is 27.6 Å². The molecule has 0 aliphatic rings. The number of thiazole rings is 1. The van der Waals surface area contributed by atoms with Crippen LogP contribution in [0.5, 0.6) is 0 Å². The average Bonchev–Trinajstić information content (AvgIpc) is 2.70. The van der Waals surface area contributed by atoms with E-state index in [1.54, 1.807) is 29.9 Å². The molecule has 0 amide bonds. The topological polar surface area (TPSA) is 51.8 Å². The molecule has 2 aromatic rings. The molecule has 0 aliphatic heterocycles. The zero-order valence-corrected chi connectivity index (χ0v) is 10.3. The third-order valence-corrected chi connectivity index (χ3v) is 3.27. The summed E-state index contributed by atoms with van der Waals surface area (Å²) in [5.41, 5.74) is 7.09. The lowest BCUT2D eigenvalue weighted by molar-refractivity contribution is 0.713. The second kappa shape index (κ2) is 4.83. The first-order valence-electron chi connectivity index (χ1n) is 4.50. The predicted octanol–water partition coefficient (Wildman–Crippen LogP) is 2.54. The van der Waals surface area contributed by atoms with Crippen molar-refractivity contribution in [2.24, 2.45) is 5.73 Å². The number of halogens is 1. The molecule has 2 aromatic heterocycles. The van der Waals surface area contributed by atoms with E-state index >= 15 is 0 Å². The van der Waals surface area contributed by atoms with E-state index in [1.807, 2.05) is 11.4 Å². The van der Waals surface area contributed by atoms with Crippen molar-refractivity contribution in [1.29, 1.82) is 0 Å². The zero-order chi connectivity index (χ0) is 10.7. The third kappa shape index (κ3) is 2.84. The number of nitrogens with two attached hydrogens (primary N) is 1. The average molecular weight is 284 g/mol. The van der Waals surface area contributed by atoms with Crippen molar-refractivity contribution in [3.05, 3.63) is 45.1 Å². The normalized spacial score (nSPS) is 12.7. The van der Waals surface area contributed by atoms with Crippen molar-refractivity contribution in [2.75, 3.05) is 0 Å². The molecule has 1 unspecified atom stereocenters. The van der Waals surface area contributed by atoms with Gasteiger partial charge < -0.3 is 5.73 Å². The van der Waals surface area contributed by atoms with Crippen LogP contribution in [0.25, 0.3) is 0 Å². The molecular formula is C10H10BrN3S. The second-order valence-electron chi connectivity index (χ2n) is 3.17. The maximum atomic E-state index is 6.06. The van der Waals surface area contributed by atoms with Gasteiger partial charge in [0.25, 0.3) is 0 Å². The number of hydrogen-bond donors (Lipinski definition) is 1. The summed E-state index contributed by atoms with van der Waals surface area (Å²) < 4.78 is 0.953. The Balaban J connectivity index is 2.11. The van der Waals surface area contributed by atoms with Gasteiger partial charge in [-0.1, -0.05) is 0 Å². The lowest BCUT2D eigenvalue weighted by Crippen LogP contribution is -2.13. The molecule has 0 bridgehead atoms. The van der Waals surface area contributed by atoms with Crippen LogP contribution in [-0.4, -0.2) is 9.97 Å². The van der Waals surface area contributed by atoms with Gasteiger partial charge in [0.2, 0.25) is 0 Å². The van der Waals surface area contributed by atoms with Gasteiger partial charge in [-0.2, -0.15) is 0 Å². The first-order valence-corrected chi connectivity index (χ1v) is 6.17. The first kappa shape index (κ1) is 10.7. The molecule has 0 spiro atoms. The lowest BCUT2D eigenvalue weighted by Gasteiger charge is -2.09. The first-order chi connectivity index (χ1) is 7.25. The molecule has 0 saturated carbocycles. The molecule has 0 radical (unpaired) electrons. The highest BCUT2D eigenvalue weighted by Gasteiger charge is 2.09. The summed E-state index contributed by atoms with van der Waals surface area (Å²) in [5.74, 6) is 0. The number of pyridine rings is 1. The summed E-state index contributed by atoms with van der Waals surface area (Å²) in [4.78, 5) is 8.30. The van der Waals surface area contributed by atoms with Crippen LogP contribution < -0.4 is 5.73 Å². The van der Waals surface area contributed by atoms with E-state index in [-0.39, 0.29) is 6.04 Å². The Morgan fingerprint density at radius 2 is 2.33 bits per heavy atom. The van der Waals surface area contributed by atoms with Crippen LogP contribution >= 0.6 is 27.3 Å². The molecule has 0 aromatic carbocycles. The lowest BCUT2D eigenvalue weighted by atomic mass is 10.1. The minimum absolute atomic E-state index is 0.0406. The Kier molecular flexibility index (Phi) is 3.45. The van der Waals surface area contributed by atoms with Gasteiger partial charge in [0.1, 0.15) is 0 Å². The van der Waals surface area contributed by atoms with E-state index in [4.69, 9.17) is 5.73 Å². The van der Waals surface area contributed by atoms with Gasteiger partial charge >= 0.3 is 0 Å². The maximum Gasteiger partial charge on any atom is 0.0943 e. The van der Waals surface area contributed by atoms with Crippen molar-refractivity contribution in [2.45, 2.75) is 12.5 Å². The highest BCUT2D eigenvalue weighted by atomic mass is 79.9. The summed E-state index contributed by atoms with van der Waals surface area (Å²) >= 11 is 5.00. The van der Waals surface area contributed by atoms with Gasteiger partial charge in [-0.3, -0.25) is 4.98 Å². The maximum absolute atomic E-state index is 6.06. The minimum Gasteiger partial charge on any atom is -0.324 e. The monoisotopic (exact) mass is 283 g/mol. The van der Waals surface area contributed by atoms with Crippen LogP contribution in [0, 0.1) is 0 Å². The molecule has 2 heterocycles. The molecule has 78 valence electrons. The van der Waals surface area contributed by atoms with E-state index in [0.717, 1.165) is 21.5 Å². The summed E-state index contributed by atoms with van der Waals surface area (Å²) in [7, 11) is 0. The smallest absolute Gasteiger partial charge is 0.0943 e. The molecule has 0 aliphatic carbocycles. The molecule has 1 atom stereocenters. The van der Waals surface area contributed by atoms with Gasteiger partial charge in [0, 0.05) is 40.9 Å². The Hall–Kier alpha value is -0.780. The van der Waals surface area contributed by atoms with E-state index in [9.17, 15) is 0 Å². The van der Waals surface area contributed by atoms with Gasteiger partial charge in [-0.25, -0.2) is 4.98 Å². The molecule has 2 N–H and O–H groups in total. The number of hydrogen-bond acceptors (Lipinski definition) is 4. The van der Waals surface area contributed by atoms with Crippen molar-refractivity contribution in [1.82, 2.24) is 9.97 Å². The molecule has 2 rings (SSSR count). The number of rotatable bonds is 3. The SMILES string of the molecule is NC(Cc1nccs1)c1cncc(Br)c1. The Morgan fingerprint density at radius 3 is 3.00 bits per heavy atom. The molecule has 0 fully saturated rings. The highest BCUT2D eigenvalue weighted by molar-refractivity contribution is 9.10. The van der Waals surface area contributed by atoms with Crippen molar-refractivity contribution in [3.63, 3.8) is 0 Å². The Labute approximate surface area is 101 Å². The second-order valence-corrected chi connectivity index (χ2v) is 5.07. The summed E-state index contributed by atoms with van der Waals surface area (Å²) in [6, 6.07) is 1.95. The fourth-order valence-corrected chi connectivity index (χ4v) is 2.35. The fraction of sp³-hybridized carbons (Fsp3) is 0.200. The Morgan fingerprint density at radius 1 is 1.47 bits per heavy atom. The van der Waals surface area contributed by atoms with Crippen LogP contribution in [0.1, 0.15) is 16.6 Å². The van der Waals surface area contributed by atoms with Gasteiger partial charge in [0.05, 0.1) is 5.01 Å². The van der Waals surface area contributed by atoms with E-state index in [0.29, 0.717) is 0 Å². The standard InChI is InChI=1S/C10H10BrN3S/c11-8-3-7(5-13-6-8)9(12)4-10-14-1-2-15-10/h1-3,5-6,9H,4,12H2. The Bertz CT molecular complexity index is 430. The highest BCUT2D eigenvalue weighted by Crippen LogP contribution is 2.19. The van der Waals surface area contributed by atoms with Crippen LogP contribution in [0.4, 0.5) is 0 Å². The van der Waals surface area contributed by atoms with Gasteiger partial charge in [0.15, 0.2) is 0 Å². The van der Waals surface area contributed by atoms with Crippen LogP contribution in [0.2, 0.25) is 0 Å². The van der Waals surface area contributed by atoms with Gasteiger partial charge in [-0.15, -0.1) is 11.3 Å². The largest absolute Gasteiger partial charge is 0.324 e. The molecule has 15 heavy (non-hydrogen) atoms. The quantitative estimate of drug-likeness (QED) is 0.942. The van der Waals surface area contributed by atoms with Crippen molar-refractivity contribution in [3.8, 4) is 0 Å². The molecule has 3 nitrogen and oxygen atoms in total. The summed E-state index contributed by atoms with van der Waals surface area (Å²) in [6.07, 6.45) is 6.10. The molecule has 5 heteroatoms. The summed E-state index contributed by atoms with van der Waals surface area (Å²) in [6.45, 7) is 0. The number of nitrogens with zero attached hydrogens (tertiary/aromatic N) is 2. The zero-order valence-electron chi connectivity index (χ0n) is 7.93. The third-order valence-electron chi connectivity index (χ3n) is 2.03. The van der Waals surface area contributed by atoms with Crippen LogP contribution in [0.15, 0.2) is 34.5 Å². The van der Waals surface area contributed by atoms with E-state index < -0.39 is 0 Å². The van der Waals surface area contributed by atoms with E-state index in [1.165, 1.54) is 0 Å². The van der Waals surface area contributed by atoms with Crippen molar-refractivity contribution >= 4 is 27.3 Å². The molecule has 0 saturated heterocycles. The minimum atomic E-state index is -0.0406. The fourth-order valence-electron chi connectivity index (χ4n) is 1.29. The molecular weight excluding hydrogens is 274 g/mol. The van der Waals surface area contributed by atoms with E-state index in [2.05, 4.69) is 25.9 Å². The van der Waals surface area contributed by atoms with Crippen LogP contribution in [0.3, 0.4) is 0 Å². The number of aromatic nitrogens is 2. The van der Waals surface area contributed by atoms with Crippen LogP contribution in [-0.2, 0) is 6.42 Å². The van der Waals surface area contributed by atoms with Crippen molar-refractivity contribution < 1.29 is 0 Å².